The fourth-order valence-corrected chi connectivity index (χ4v) is 2.14. The first-order chi connectivity index (χ1) is 8.72. The summed E-state index contributed by atoms with van der Waals surface area (Å²) in [5.74, 6) is 2.43. The van der Waals surface area contributed by atoms with Crippen molar-refractivity contribution >= 4 is 11.4 Å². The summed E-state index contributed by atoms with van der Waals surface area (Å²) in [6, 6.07) is 5.94. The van der Waals surface area contributed by atoms with Crippen molar-refractivity contribution in [1.29, 1.82) is 0 Å². The first kappa shape index (κ1) is 13.1. The minimum absolute atomic E-state index is 0.714. The summed E-state index contributed by atoms with van der Waals surface area (Å²) in [4.78, 5) is 0. The molecule has 1 aliphatic rings. The maximum absolute atomic E-state index is 6.11. The van der Waals surface area contributed by atoms with Gasteiger partial charge in [0.1, 0.15) is 5.75 Å². The van der Waals surface area contributed by atoms with Crippen LogP contribution in [0.1, 0.15) is 33.1 Å². The standard InChI is InChI=1S/C15H24N2O/c1-3-9-18-14-6-4-5-13(15(14)16)17-10-11(2)12-7-8-12/h4-6,11-12,17H,3,7-10,16H2,1-2H3. The maximum Gasteiger partial charge on any atom is 0.144 e. The third-order valence-corrected chi connectivity index (χ3v) is 3.57. The third-order valence-electron chi connectivity index (χ3n) is 3.57. The topological polar surface area (TPSA) is 47.3 Å². The molecule has 0 aromatic heterocycles. The van der Waals surface area contributed by atoms with E-state index in [2.05, 4.69) is 19.2 Å². The van der Waals surface area contributed by atoms with Gasteiger partial charge in [0.15, 0.2) is 0 Å². The minimum atomic E-state index is 0.714. The Bertz CT molecular complexity index is 388. The van der Waals surface area contributed by atoms with Gasteiger partial charge in [-0.15, -0.1) is 0 Å². The Balaban J connectivity index is 1.94. The highest BCUT2D eigenvalue weighted by Gasteiger charge is 2.27. The van der Waals surface area contributed by atoms with Crippen molar-refractivity contribution in [2.24, 2.45) is 11.8 Å². The number of hydrogen-bond acceptors (Lipinski definition) is 3. The molecule has 0 bridgehead atoms. The van der Waals surface area contributed by atoms with Crippen LogP contribution < -0.4 is 15.8 Å². The molecule has 0 radical (unpaired) electrons. The van der Waals surface area contributed by atoms with Gasteiger partial charge in [-0.25, -0.2) is 0 Å². The van der Waals surface area contributed by atoms with Crippen molar-refractivity contribution in [2.45, 2.75) is 33.1 Å². The Morgan fingerprint density at radius 1 is 1.44 bits per heavy atom. The predicted molar refractivity (Wildman–Crippen MR) is 77.0 cm³/mol. The molecule has 0 amide bonds. The highest BCUT2D eigenvalue weighted by atomic mass is 16.5. The number of benzene rings is 1. The van der Waals surface area contributed by atoms with Crippen LogP contribution in [0.4, 0.5) is 11.4 Å². The summed E-state index contributed by atoms with van der Waals surface area (Å²) in [6.07, 6.45) is 3.77. The van der Waals surface area contributed by atoms with E-state index in [4.69, 9.17) is 10.5 Å². The van der Waals surface area contributed by atoms with Gasteiger partial charge in [-0.05, 0) is 43.2 Å². The van der Waals surface area contributed by atoms with Gasteiger partial charge in [0.25, 0.3) is 0 Å². The van der Waals surface area contributed by atoms with Gasteiger partial charge in [-0.2, -0.15) is 0 Å². The third kappa shape index (κ3) is 3.31. The molecule has 0 spiro atoms. The molecular formula is C15H24N2O. The summed E-state index contributed by atoms with van der Waals surface area (Å²) in [5.41, 5.74) is 7.84. The van der Waals surface area contributed by atoms with E-state index in [1.165, 1.54) is 12.8 Å². The lowest BCUT2D eigenvalue weighted by Gasteiger charge is -2.16. The quantitative estimate of drug-likeness (QED) is 0.726. The Hall–Kier alpha value is -1.38. The number of nitrogen functional groups attached to an aromatic ring is 1. The monoisotopic (exact) mass is 248 g/mol. The van der Waals surface area contributed by atoms with Crippen molar-refractivity contribution in [3.8, 4) is 5.75 Å². The van der Waals surface area contributed by atoms with Gasteiger partial charge < -0.3 is 15.8 Å². The summed E-state index contributed by atoms with van der Waals surface area (Å²) < 4.78 is 5.63. The van der Waals surface area contributed by atoms with E-state index in [-0.39, 0.29) is 0 Å². The van der Waals surface area contributed by atoms with Crippen molar-refractivity contribution in [1.82, 2.24) is 0 Å². The van der Waals surface area contributed by atoms with Crippen LogP contribution in [0, 0.1) is 11.8 Å². The molecule has 3 heteroatoms. The van der Waals surface area contributed by atoms with Crippen LogP contribution in [0.15, 0.2) is 18.2 Å². The molecule has 1 aromatic carbocycles. The highest BCUT2D eigenvalue weighted by molar-refractivity contribution is 5.72. The van der Waals surface area contributed by atoms with E-state index >= 15 is 0 Å². The molecule has 1 fully saturated rings. The molecule has 1 saturated carbocycles. The molecule has 1 aromatic rings. The molecule has 0 saturated heterocycles. The number of hydrogen-bond donors (Lipinski definition) is 2. The molecule has 100 valence electrons. The fourth-order valence-electron chi connectivity index (χ4n) is 2.14. The molecule has 2 rings (SSSR count). The Labute approximate surface area is 110 Å². The molecule has 18 heavy (non-hydrogen) atoms. The largest absolute Gasteiger partial charge is 0.491 e. The normalized spacial score (nSPS) is 16.3. The summed E-state index contributed by atoms with van der Waals surface area (Å²) in [5, 5.41) is 3.45. The van der Waals surface area contributed by atoms with Crippen LogP contribution in [0.2, 0.25) is 0 Å². The van der Waals surface area contributed by atoms with E-state index in [0.29, 0.717) is 6.61 Å². The summed E-state index contributed by atoms with van der Waals surface area (Å²) in [7, 11) is 0. The summed E-state index contributed by atoms with van der Waals surface area (Å²) in [6.45, 7) is 6.10. The van der Waals surface area contributed by atoms with Crippen LogP contribution in [0.3, 0.4) is 0 Å². The Morgan fingerprint density at radius 2 is 2.22 bits per heavy atom. The van der Waals surface area contributed by atoms with Crippen LogP contribution >= 0.6 is 0 Å². The van der Waals surface area contributed by atoms with E-state index in [0.717, 1.165) is 41.9 Å². The molecular weight excluding hydrogens is 224 g/mol. The number of nitrogens with two attached hydrogens (primary N) is 1. The van der Waals surface area contributed by atoms with Crippen molar-refractivity contribution < 1.29 is 4.74 Å². The van der Waals surface area contributed by atoms with Gasteiger partial charge in [0.2, 0.25) is 0 Å². The average molecular weight is 248 g/mol. The second-order valence-corrected chi connectivity index (χ2v) is 5.26. The van der Waals surface area contributed by atoms with Crippen LogP contribution in [0.25, 0.3) is 0 Å². The zero-order chi connectivity index (χ0) is 13.0. The minimum Gasteiger partial charge on any atom is -0.491 e. The molecule has 3 N–H and O–H groups in total. The highest BCUT2D eigenvalue weighted by Crippen LogP contribution is 2.37. The van der Waals surface area contributed by atoms with E-state index in [9.17, 15) is 0 Å². The second kappa shape index (κ2) is 5.98. The van der Waals surface area contributed by atoms with Crippen LogP contribution in [0.5, 0.6) is 5.75 Å². The van der Waals surface area contributed by atoms with E-state index < -0.39 is 0 Å². The number of anilines is 2. The Kier molecular flexibility index (Phi) is 4.34. The lowest BCUT2D eigenvalue weighted by molar-refractivity contribution is 0.319. The van der Waals surface area contributed by atoms with Gasteiger partial charge in [0.05, 0.1) is 18.0 Å². The van der Waals surface area contributed by atoms with Crippen molar-refractivity contribution in [2.75, 3.05) is 24.2 Å². The van der Waals surface area contributed by atoms with E-state index in [1.807, 2.05) is 18.2 Å². The molecule has 1 aliphatic carbocycles. The number of para-hydroxylation sites is 1. The lowest BCUT2D eigenvalue weighted by Crippen LogP contribution is -2.14. The second-order valence-electron chi connectivity index (χ2n) is 5.26. The molecule has 1 atom stereocenters. The maximum atomic E-state index is 6.11. The molecule has 0 aliphatic heterocycles. The number of rotatable bonds is 7. The van der Waals surface area contributed by atoms with Gasteiger partial charge in [-0.1, -0.05) is 19.9 Å². The Morgan fingerprint density at radius 3 is 2.89 bits per heavy atom. The molecule has 0 heterocycles. The lowest BCUT2D eigenvalue weighted by atomic mass is 10.1. The summed E-state index contributed by atoms with van der Waals surface area (Å²) >= 11 is 0. The zero-order valence-electron chi connectivity index (χ0n) is 11.4. The van der Waals surface area contributed by atoms with Crippen LogP contribution in [-0.2, 0) is 0 Å². The predicted octanol–water partition coefficient (Wildman–Crippen LogP) is 3.52. The van der Waals surface area contributed by atoms with Gasteiger partial charge in [-0.3, -0.25) is 0 Å². The fraction of sp³-hybridized carbons (Fsp3) is 0.600. The molecule has 1 unspecified atom stereocenters. The smallest absolute Gasteiger partial charge is 0.144 e. The van der Waals surface area contributed by atoms with Crippen molar-refractivity contribution in [3.63, 3.8) is 0 Å². The first-order valence-corrected chi connectivity index (χ1v) is 6.97. The zero-order valence-corrected chi connectivity index (χ0v) is 11.4. The van der Waals surface area contributed by atoms with Crippen LogP contribution in [-0.4, -0.2) is 13.2 Å². The SMILES string of the molecule is CCCOc1cccc(NCC(C)C2CC2)c1N. The van der Waals surface area contributed by atoms with Crippen molar-refractivity contribution in [3.05, 3.63) is 18.2 Å². The average Bonchev–Trinajstić information content (AvgIpc) is 3.20. The van der Waals surface area contributed by atoms with E-state index in [1.54, 1.807) is 0 Å². The first-order valence-electron chi connectivity index (χ1n) is 6.97. The molecule has 3 nitrogen and oxygen atoms in total. The van der Waals surface area contributed by atoms with Gasteiger partial charge >= 0.3 is 0 Å². The number of ether oxygens (including phenoxy) is 1. The van der Waals surface area contributed by atoms with Gasteiger partial charge in [0, 0.05) is 6.54 Å². The number of nitrogens with one attached hydrogen (secondary N) is 1.